The maximum absolute atomic E-state index is 12.3. The molecule has 0 bridgehead atoms. The summed E-state index contributed by atoms with van der Waals surface area (Å²) in [6.45, 7) is 0.186. The molecule has 0 saturated carbocycles. The molecule has 106 valence electrons. The van der Waals surface area contributed by atoms with Crippen molar-refractivity contribution in [2.24, 2.45) is 0 Å². The van der Waals surface area contributed by atoms with E-state index in [9.17, 15) is 18.0 Å². The second-order valence-electron chi connectivity index (χ2n) is 3.97. The first-order valence-corrected chi connectivity index (χ1v) is 6.26. The first kappa shape index (κ1) is 16.3. The van der Waals surface area contributed by atoms with E-state index in [2.05, 4.69) is 0 Å². The van der Waals surface area contributed by atoms with E-state index in [0.717, 1.165) is 4.90 Å². The molecule has 0 fully saturated rings. The van der Waals surface area contributed by atoms with E-state index in [1.807, 2.05) is 0 Å². The van der Waals surface area contributed by atoms with Gasteiger partial charge in [-0.25, -0.2) is 0 Å². The molecule has 0 aliphatic rings. The Hall–Kier alpha value is -0.780. The third kappa shape index (κ3) is 5.38. The van der Waals surface area contributed by atoms with Gasteiger partial charge in [-0.05, 0) is 24.7 Å². The number of carbonyl (C=O) groups excluding carboxylic acids is 1. The van der Waals surface area contributed by atoms with Gasteiger partial charge in [-0.3, -0.25) is 9.69 Å². The van der Waals surface area contributed by atoms with Crippen LogP contribution in [0.1, 0.15) is 17.3 Å². The molecule has 0 heterocycles. The molecule has 1 aromatic carbocycles. The van der Waals surface area contributed by atoms with Gasteiger partial charge in [-0.1, -0.05) is 30.1 Å². The van der Waals surface area contributed by atoms with Gasteiger partial charge in [0.1, 0.15) is 0 Å². The van der Waals surface area contributed by atoms with Crippen LogP contribution < -0.4 is 0 Å². The van der Waals surface area contributed by atoms with Crippen molar-refractivity contribution in [3.63, 3.8) is 0 Å². The van der Waals surface area contributed by atoms with Gasteiger partial charge >= 0.3 is 6.18 Å². The third-order valence-electron chi connectivity index (χ3n) is 2.45. The van der Waals surface area contributed by atoms with Crippen molar-refractivity contribution in [3.05, 3.63) is 33.8 Å². The fraction of sp³-hybridized carbons (Fsp3) is 0.417. The number of alkyl halides is 3. The molecule has 0 aliphatic carbocycles. The molecule has 0 radical (unpaired) electrons. The maximum atomic E-state index is 12.3. The van der Waals surface area contributed by atoms with Gasteiger partial charge in [0.15, 0.2) is 5.78 Å². The van der Waals surface area contributed by atoms with E-state index in [-0.39, 0.29) is 23.7 Å². The Morgan fingerprint density at radius 1 is 1.32 bits per heavy atom. The lowest BCUT2D eigenvalue weighted by Crippen LogP contribution is -2.37. The summed E-state index contributed by atoms with van der Waals surface area (Å²) in [6, 6.07) is 4.30. The molecule has 0 spiro atoms. The first-order valence-electron chi connectivity index (χ1n) is 5.50. The lowest BCUT2D eigenvalue weighted by atomic mass is 10.1. The first-order chi connectivity index (χ1) is 8.73. The van der Waals surface area contributed by atoms with E-state index >= 15 is 0 Å². The van der Waals surface area contributed by atoms with Crippen molar-refractivity contribution >= 4 is 29.0 Å². The van der Waals surface area contributed by atoms with E-state index in [1.54, 1.807) is 6.92 Å². The predicted molar refractivity (Wildman–Crippen MR) is 69.0 cm³/mol. The van der Waals surface area contributed by atoms with Gasteiger partial charge in [0, 0.05) is 10.6 Å². The summed E-state index contributed by atoms with van der Waals surface area (Å²) >= 11 is 11.6. The highest BCUT2D eigenvalue weighted by molar-refractivity contribution is 6.36. The van der Waals surface area contributed by atoms with Crippen LogP contribution in [0, 0.1) is 0 Å². The zero-order valence-electron chi connectivity index (χ0n) is 10.1. The van der Waals surface area contributed by atoms with Crippen molar-refractivity contribution in [1.29, 1.82) is 0 Å². The Bertz CT molecular complexity index is 463. The number of likely N-dealkylation sites (N-methyl/N-ethyl adjacent to an activating group) is 1. The average molecular weight is 314 g/mol. The number of Topliss-reactive ketones (excluding diaryl/α,β-unsaturated/α-hetero) is 1. The predicted octanol–water partition coefficient (Wildman–Crippen LogP) is 4.06. The van der Waals surface area contributed by atoms with E-state index < -0.39 is 18.5 Å². The Morgan fingerprint density at radius 2 is 1.95 bits per heavy atom. The summed E-state index contributed by atoms with van der Waals surface area (Å²) in [6.07, 6.45) is -4.34. The van der Waals surface area contributed by atoms with E-state index in [1.165, 1.54) is 18.2 Å². The monoisotopic (exact) mass is 313 g/mol. The van der Waals surface area contributed by atoms with Gasteiger partial charge in [-0.15, -0.1) is 0 Å². The molecule has 0 atom stereocenters. The molecule has 7 heteroatoms. The smallest absolute Gasteiger partial charge is 0.293 e. The topological polar surface area (TPSA) is 20.3 Å². The highest BCUT2D eigenvalue weighted by Gasteiger charge is 2.31. The summed E-state index contributed by atoms with van der Waals surface area (Å²) in [5.41, 5.74) is 0.134. The fourth-order valence-corrected chi connectivity index (χ4v) is 1.93. The summed E-state index contributed by atoms with van der Waals surface area (Å²) in [5.74, 6) is -0.487. The molecule has 0 saturated heterocycles. The normalized spacial score (nSPS) is 11.9. The quantitative estimate of drug-likeness (QED) is 0.764. The van der Waals surface area contributed by atoms with Crippen LogP contribution in [0.25, 0.3) is 0 Å². The lowest BCUT2D eigenvalue weighted by Gasteiger charge is -2.21. The van der Waals surface area contributed by atoms with Crippen molar-refractivity contribution in [3.8, 4) is 0 Å². The number of hydrogen-bond donors (Lipinski definition) is 0. The molecule has 0 amide bonds. The van der Waals surface area contributed by atoms with Gasteiger partial charge in [-0.2, -0.15) is 13.2 Å². The van der Waals surface area contributed by atoms with Crippen LogP contribution in [-0.2, 0) is 0 Å². The van der Waals surface area contributed by atoms with Gasteiger partial charge < -0.3 is 0 Å². The molecule has 19 heavy (non-hydrogen) atoms. The number of rotatable bonds is 5. The summed E-state index contributed by atoms with van der Waals surface area (Å²) < 4.78 is 36.9. The highest BCUT2D eigenvalue weighted by atomic mass is 35.5. The molecule has 0 N–H and O–H groups in total. The second kappa shape index (κ2) is 6.59. The van der Waals surface area contributed by atoms with Gasteiger partial charge in [0.05, 0.1) is 18.1 Å². The molecule has 0 aromatic heterocycles. The lowest BCUT2D eigenvalue weighted by molar-refractivity contribution is -0.144. The van der Waals surface area contributed by atoms with Gasteiger partial charge in [0.2, 0.25) is 0 Å². The fourth-order valence-electron chi connectivity index (χ4n) is 1.53. The molecular formula is C12H12Cl2F3NO. The number of carbonyl (C=O) groups is 1. The minimum Gasteiger partial charge on any atom is -0.293 e. The Morgan fingerprint density at radius 3 is 2.47 bits per heavy atom. The molecule has 1 rings (SSSR count). The van der Waals surface area contributed by atoms with Crippen LogP contribution in [0.5, 0.6) is 0 Å². The molecule has 1 aromatic rings. The van der Waals surface area contributed by atoms with Crippen LogP contribution in [0.2, 0.25) is 10.0 Å². The molecular weight excluding hydrogens is 302 g/mol. The van der Waals surface area contributed by atoms with Crippen molar-refractivity contribution < 1.29 is 18.0 Å². The average Bonchev–Trinajstić information content (AvgIpc) is 2.29. The standard InChI is InChI=1S/C12H12Cl2F3NO/c1-2-18(7-12(15,16)17)6-11(19)9-5-8(13)3-4-10(9)14/h3-5H,2,6-7H2,1H3. The summed E-state index contributed by atoms with van der Waals surface area (Å²) in [4.78, 5) is 12.9. The molecule has 0 aliphatic heterocycles. The number of hydrogen-bond acceptors (Lipinski definition) is 2. The molecule has 0 unspecified atom stereocenters. The Labute approximate surface area is 119 Å². The highest BCUT2D eigenvalue weighted by Crippen LogP contribution is 2.22. The van der Waals surface area contributed by atoms with Crippen LogP contribution in [0.3, 0.4) is 0 Å². The van der Waals surface area contributed by atoms with Crippen LogP contribution in [0.15, 0.2) is 18.2 Å². The SMILES string of the molecule is CCN(CC(=O)c1cc(Cl)ccc1Cl)CC(F)(F)F. The number of halogens is 5. The third-order valence-corrected chi connectivity index (χ3v) is 3.01. The van der Waals surface area contributed by atoms with E-state index in [4.69, 9.17) is 23.2 Å². The van der Waals surface area contributed by atoms with Crippen molar-refractivity contribution in [1.82, 2.24) is 4.90 Å². The number of nitrogens with zero attached hydrogens (tertiary/aromatic N) is 1. The minimum atomic E-state index is -4.34. The van der Waals surface area contributed by atoms with Crippen LogP contribution in [0.4, 0.5) is 13.2 Å². The number of ketones is 1. The maximum Gasteiger partial charge on any atom is 0.401 e. The van der Waals surface area contributed by atoms with E-state index in [0.29, 0.717) is 5.02 Å². The van der Waals surface area contributed by atoms with Crippen molar-refractivity contribution in [2.45, 2.75) is 13.1 Å². The second-order valence-corrected chi connectivity index (χ2v) is 4.81. The Balaban J connectivity index is 2.80. The Kier molecular flexibility index (Phi) is 5.64. The van der Waals surface area contributed by atoms with Crippen LogP contribution in [-0.4, -0.2) is 36.5 Å². The van der Waals surface area contributed by atoms with Crippen LogP contribution >= 0.6 is 23.2 Å². The summed E-state index contributed by atoms with van der Waals surface area (Å²) in [5, 5.41) is 0.490. The molecule has 2 nitrogen and oxygen atoms in total. The summed E-state index contributed by atoms with van der Waals surface area (Å²) in [7, 11) is 0. The zero-order valence-corrected chi connectivity index (χ0v) is 11.6. The van der Waals surface area contributed by atoms with Crippen molar-refractivity contribution in [2.75, 3.05) is 19.6 Å². The largest absolute Gasteiger partial charge is 0.401 e. The zero-order chi connectivity index (χ0) is 14.6. The number of benzene rings is 1. The van der Waals surface area contributed by atoms with Gasteiger partial charge in [0.25, 0.3) is 0 Å². The minimum absolute atomic E-state index is 0.115.